The summed E-state index contributed by atoms with van der Waals surface area (Å²) in [6, 6.07) is 0. The molecule has 3 aliphatic rings. The lowest BCUT2D eigenvalue weighted by Gasteiger charge is -2.56. The van der Waals surface area contributed by atoms with E-state index in [0.717, 1.165) is 5.92 Å². The van der Waals surface area contributed by atoms with Gasteiger partial charge < -0.3 is 5.32 Å². The van der Waals surface area contributed by atoms with E-state index in [9.17, 15) is 0 Å². The number of rotatable bonds is 4. The van der Waals surface area contributed by atoms with Crippen molar-refractivity contribution in [2.45, 2.75) is 95.6 Å². The molecule has 1 N–H and O–H groups in total. The van der Waals surface area contributed by atoms with Crippen molar-refractivity contribution in [3.05, 3.63) is 0 Å². The minimum absolute atomic E-state index is 0.436. The molecule has 0 bridgehead atoms. The van der Waals surface area contributed by atoms with Gasteiger partial charge in [-0.15, -0.1) is 0 Å². The zero-order valence-electron chi connectivity index (χ0n) is 14.4. The summed E-state index contributed by atoms with van der Waals surface area (Å²) >= 11 is 0. The second kappa shape index (κ2) is 6.58. The molecule has 2 saturated carbocycles. The monoisotopic (exact) mass is 292 g/mol. The molecule has 1 saturated heterocycles. The first-order chi connectivity index (χ1) is 10.2. The van der Waals surface area contributed by atoms with Gasteiger partial charge in [-0.05, 0) is 44.4 Å². The molecule has 0 atom stereocenters. The van der Waals surface area contributed by atoms with Crippen LogP contribution in [-0.4, -0.2) is 35.6 Å². The van der Waals surface area contributed by atoms with Crippen LogP contribution in [0.4, 0.5) is 0 Å². The van der Waals surface area contributed by atoms with Gasteiger partial charge >= 0.3 is 0 Å². The molecule has 1 spiro atoms. The standard InChI is InChI=1S/C19H36N2/c1-3-19(4-2)15-20-18(12-8-5-9-13-18)16-21(19)14-17-10-6-7-11-17/h17,20H,3-16H2,1-2H3. The molecule has 2 nitrogen and oxygen atoms in total. The quantitative estimate of drug-likeness (QED) is 0.829. The van der Waals surface area contributed by atoms with Crippen molar-refractivity contribution in [2.75, 3.05) is 19.6 Å². The molecule has 0 aromatic carbocycles. The molecule has 21 heavy (non-hydrogen) atoms. The first-order valence-corrected chi connectivity index (χ1v) is 9.72. The number of hydrogen-bond donors (Lipinski definition) is 1. The van der Waals surface area contributed by atoms with E-state index in [0.29, 0.717) is 11.1 Å². The zero-order chi connectivity index (χ0) is 14.8. The van der Waals surface area contributed by atoms with Gasteiger partial charge in [0.15, 0.2) is 0 Å². The van der Waals surface area contributed by atoms with Crippen molar-refractivity contribution < 1.29 is 0 Å². The molecule has 1 aliphatic heterocycles. The molecular formula is C19H36N2. The average molecular weight is 293 g/mol. The predicted octanol–water partition coefficient (Wildman–Crippen LogP) is 4.34. The summed E-state index contributed by atoms with van der Waals surface area (Å²) in [5.41, 5.74) is 0.899. The fraction of sp³-hybridized carbons (Fsp3) is 1.00. The van der Waals surface area contributed by atoms with E-state index in [4.69, 9.17) is 0 Å². The van der Waals surface area contributed by atoms with Crippen LogP contribution in [0.5, 0.6) is 0 Å². The van der Waals surface area contributed by atoms with Crippen LogP contribution in [0, 0.1) is 5.92 Å². The third-order valence-corrected chi connectivity index (χ3v) is 7.04. The Kier molecular flexibility index (Phi) is 4.95. The fourth-order valence-corrected chi connectivity index (χ4v) is 5.33. The molecule has 0 unspecified atom stereocenters. The highest BCUT2D eigenvalue weighted by Crippen LogP contribution is 2.39. The molecule has 0 aromatic heterocycles. The number of nitrogens with zero attached hydrogens (tertiary/aromatic N) is 1. The lowest BCUT2D eigenvalue weighted by molar-refractivity contribution is -0.0230. The Morgan fingerprint density at radius 3 is 2.24 bits per heavy atom. The van der Waals surface area contributed by atoms with Gasteiger partial charge in [0, 0.05) is 30.7 Å². The minimum atomic E-state index is 0.436. The average Bonchev–Trinajstić information content (AvgIpc) is 3.02. The van der Waals surface area contributed by atoms with Crippen molar-refractivity contribution in [3.8, 4) is 0 Å². The topological polar surface area (TPSA) is 15.3 Å². The first kappa shape index (κ1) is 15.8. The minimum Gasteiger partial charge on any atom is -0.308 e. The van der Waals surface area contributed by atoms with Crippen molar-refractivity contribution in [3.63, 3.8) is 0 Å². The lowest BCUT2D eigenvalue weighted by atomic mass is 9.75. The highest BCUT2D eigenvalue weighted by atomic mass is 15.3. The van der Waals surface area contributed by atoms with Gasteiger partial charge in [0.05, 0.1) is 0 Å². The molecule has 0 aromatic rings. The molecule has 1 heterocycles. The Hall–Kier alpha value is -0.0800. The Balaban J connectivity index is 1.73. The summed E-state index contributed by atoms with van der Waals surface area (Å²) in [6.45, 7) is 8.75. The molecule has 0 amide bonds. The molecule has 2 heteroatoms. The largest absolute Gasteiger partial charge is 0.308 e. The summed E-state index contributed by atoms with van der Waals surface area (Å²) < 4.78 is 0. The Bertz CT molecular complexity index is 322. The second-order valence-electron chi connectivity index (χ2n) is 8.16. The van der Waals surface area contributed by atoms with Crippen LogP contribution in [0.1, 0.15) is 84.5 Å². The van der Waals surface area contributed by atoms with Crippen LogP contribution in [0.3, 0.4) is 0 Å². The summed E-state index contributed by atoms with van der Waals surface area (Å²) in [4.78, 5) is 2.95. The van der Waals surface area contributed by atoms with Gasteiger partial charge in [0.25, 0.3) is 0 Å². The van der Waals surface area contributed by atoms with Gasteiger partial charge in [-0.25, -0.2) is 0 Å². The molecule has 0 radical (unpaired) electrons. The van der Waals surface area contributed by atoms with E-state index >= 15 is 0 Å². The van der Waals surface area contributed by atoms with Gasteiger partial charge in [-0.3, -0.25) is 4.90 Å². The van der Waals surface area contributed by atoms with E-state index in [1.165, 1.54) is 90.3 Å². The molecule has 3 rings (SSSR count). The number of hydrogen-bond acceptors (Lipinski definition) is 2. The number of piperazine rings is 1. The van der Waals surface area contributed by atoms with Crippen molar-refractivity contribution in [2.24, 2.45) is 5.92 Å². The molecular weight excluding hydrogens is 256 g/mol. The third kappa shape index (κ3) is 3.17. The second-order valence-corrected chi connectivity index (χ2v) is 8.16. The van der Waals surface area contributed by atoms with Gasteiger partial charge in [-0.1, -0.05) is 46.0 Å². The van der Waals surface area contributed by atoms with Crippen molar-refractivity contribution >= 4 is 0 Å². The smallest absolute Gasteiger partial charge is 0.0329 e. The fourth-order valence-electron chi connectivity index (χ4n) is 5.33. The van der Waals surface area contributed by atoms with Gasteiger partial charge in [0.2, 0.25) is 0 Å². The lowest BCUT2D eigenvalue weighted by Crippen LogP contribution is -2.70. The highest BCUT2D eigenvalue weighted by Gasteiger charge is 2.46. The van der Waals surface area contributed by atoms with E-state index in [1.807, 2.05) is 0 Å². The summed E-state index contributed by atoms with van der Waals surface area (Å²) in [5, 5.41) is 4.04. The van der Waals surface area contributed by atoms with Crippen LogP contribution < -0.4 is 5.32 Å². The third-order valence-electron chi connectivity index (χ3n) is 7.04. The van der Waals surface area contributed by atoms with Gasteiger partial charge in [0.1, 0.15) is 0 Å². The van der Waals surface area contributed by atoms with E-state index in [-0.39, 0.29) is 0 Å². The van der Waals surface area contributed by atoms with Crippen molar-refractivity contribution in [1.29, 1.82) is 0 Å². The van der Waals surface area contributed by atoms with Crippen LogP contribution in [0.25, 0.3) is 0 Å². The predicted molar refractivity (Wildman–Crippen MR) is 90.7 cm³/mol. The summed E-state index contributed by atoms with van der Waals surface area (Å²) in [7, 11) is 0. The van der Waals surface area contributed by atoms with E-state index in [2.05, 4.69) is 24.1 Å². The highest BCUT2D eigenvalue weighted by molar-refractivity contribution is 5.05. The van der Waals surface area contributed by atoms with E-state index < -0.39 is 0 Å². The summed E-state index contributed by atoms with van der Waals surface area (Å²) in [5.74, 6) is 0.987. The Morgan fingerprint density at radius 2 is 1.62 bits per heavy atom. The molecule has 2 aliphatic carbocycles. The van der Waals surface area contributed by atoms with Crippen molar-refractivity contribution in [1.82, 2.24) is 10.2 Å². The van der Waals surface area contributed by atoms with E-state index in [1.54, 1.807) is 0 Å². The maximum Gasteiger partial charge on any atom is 0.0329 e. The van der Waals surface area contributed by atoms with Gasteiger partial charge in [-0.2, -0.15) is 0 Å². The number of nitrogens with one attached hydrogen (secondary N) is 1. The zero-order valence-corrected chi connectivity index (χ0v) is 14.4. The maximum atomic E-state index is 4.04. The Morgan fingerprint density at radius 1 is 0.952 bits per heavy atom. The van der Waals surface area contributed by atoms with Crippen LogP contribution in [0.15, 0.2) is 0 Å². The normalized spacial score (nSPS) is 30.0. The SMILES string of the molecule is CCC1(CC)CNC2(CCCCC2)CN1CC1CCCC1. The van der Waals surface area contributed by atoms with Crippen LogP contribution in [-0.2, 0) is 0 Å². The van der Waals surface area contributed by atoms with Crippen LogP contribution >= 0.6 is 0 Å². The first-order valence-electron chi connectivity index (χ1n) is 9.72. The maximum absolute atomic E-state index is 4.04. The molecule has 3 fully saturated rings. The molecule has 122 valence electrons. The Labute approximate surface area is 132 Å². The van der Waals surface area contributed by atoms with Crippen LogP contribution in [0.2, 0.25) is 0 Å². The summed E-state index contributed by atoms with van der Waals surface area (Å²) in [6.07, 6.45) is 15.7.